The van der Waals surface area contributed by atoms with Gasteiger partial charge >= 0.3 is 5.97 Å². The van der Waals surface area contributed by atoms with Gasteiger partial charge in [0.15, 0.2) is 0 Å². The Balaban J connectivity index is 3.24. The Bertz CT molecular complexity index is 454. The lowest BCUT2D eigenvalue weighted by molar-refractivity contribution is 0.0690. The highest BCUT2D eigenvalue weighted by Gasteiger charge is 2.17. The number of aromatic nitrogens is 2. The van der Waals surface area contributed by atoms with Crippen LogP contribution in [0.3, 0.4) is 0 Å². The van der Waals surface area contributed by atoms with Crippen LogP contribution >= 0.6 is 11.8 Å². The van der Waals surface area contributed by atoms with Crippen LogP contribution in [0.4, 0.5) is 0 Å². The Morgan fingerprint density at radius 2 is 2.25 bits per heavy atom. The Kier molecular flexibility index (Phi) is 4.26. The Hall–Kier alpha value is -1.61. The van der Waals surface area contributed by atoms with Gasteiger partial charge in [-0.05, 0) is 6.92 Å². The minimum Gasteiger partial charge on any atom is -0.478 e. The maximum Gasteiger partial charge on any atom is 0.340 e. The maximum atomic E-state index is 11.0. The van der Waals surface area contributed by atoms with E-state index in [0.717, 1.165) is 11.8 Å². The van der Waals surface area contributed by atoms with Gasteiger partial charge < -0.3 is 5.11 Å². The Morgan fingerprint density at radius 1 is 1.56 bits per heavy atom. The Morgan fingerprint density at radius 3 is 2.75 bits per heavy atom. The zero-order valence-corrected chi connectivity index (χ0v) is 9.84. The summed E-state index contributed by atoms with van der Waals surface area (Å²) in [5, 5.41) is 17.9. The van der Waals surface area contributed by atoms with E-state index in [4.69, 9.17) is 10.4 Å². The van der Waals surface area contributed by atoms with Crippen LogP contribution in [0.1, 0.15) is 28.8 Å². The van der Waals surface area contributed by atoms with Crippen LogP contribution < -0.4 is 0 Å². The first-order valence-electron chi connectivity index (χ1n) is 4.70. The van der Waals surface area contributed by atoms with Crippen LogP contribution in [0.25, 0.3) is 0 Å². The quantitative estimate of drug-likeness (QED) is 0.633. The molecule has 0 aromatic carbocycles. The number of aromatic carboxylic acids is 1. The van der Waals surface area contributed by atoms with E-state index >= 15 is 0 Å². The van der Waals surface area contributed by atoms with Gasteiger partial charge in [-0.25, -0.2) is 14.8 Å². The van der Waals surface area contributed by atoms with E-state index < -0.39 is 5.97 Å². The average molecular weight is 237 g/mol. The van der Waals surface area contributed by atoms with Gasteiger partial charge in [-0.15, -0.1) is 0 Å². The molecule has 1 heterocycles. The first-order chi connectivity index (χ1) is 7.60. The molecule has 0 unspecified atom stereocenters. The minimum atomic E-state index is -1.06. The van der Waals surface area contributed by atoms with Crippen molar-refractivity contribution in [3.8, 4) is 6.07 Å². The second-order valence-electron chi connectivity index (χ2n) is 3.01. The van der Waals surface area contributed by atoms with E-state index in [0.29, 0.717) is 23.0 Å². The summed E-state index contributed by atoms with van der Waals surface area (Å²) in [6, 6.07) is 1.95. The molecule has 0 atom stereocenters. The molecule has 6 heteroatoms. The topological polar surface area (TPSA) is 86.9 Å². The normalized spacial score (nSPS) is 9.81. The lowest BCUT2D eigenvalue weighted by atomic mass is 10.2. The molecule has 1 rings (SSSR count). The molecule has 0 amide bonds. The smallest absolute Gasteiger partial charge is 0.340 e. The van der Waals surface area contributed by atoms with Crippen molar-refractivity contribution in [3.63, 3.8) is 0 Å². The maximum absolute atomic E-state index is 11.0. The molecule has 84 valence electrons. The minimum absolute atomic E-state index is 0.0949. The molecule has 0 aliphatic heterocycles. The summed E-state index contributed by atoms with van der Waals surface area (Å²) in [7, 11) is 0. The van der Waals surface area contributed by atoms with E-state index in [1.54, 1.807) is 6.92 Å². The summed E-state index contributed by atoms with van der Waals surface area (Å²) in [6.45, 7) is 3.54. The first kappa shape index (κ1) is 12.5. The highest BCUT2D eigenvalue weighted by molar-refractivity contribution is 7.99. The van der Waals surface area contributed by atoms with Gasteiger partial charge in [0.1, 0.15) is 16.4 Å². The number of carboxylic acids is 1. The lowest BCUT2D eigenvalue weighted by Gasteiger charge is -2.07. The molecular formula is C10H11N3O2S. The van der Waals surface area contributed by atoms with E-state index in [-0.39, 0.29) is 11.3 Å². The molecule has 1 aromatic rings. The van der Waals surface area contributed by atoms with Crippen molar-refractivity contribution in [3.05, 3.63) is 17.1 Å². The molecule has 0 radical (unpaired) electrons. The van der Waals surface area contributed by atoms with Crippen LogP contribution in [0.15, 0.2) is 5.03 Å². The fraction of sp³-hybridized carbons (Fsp3) is 0.400. The van der Waals surface area contributed by atoms with E-state index in [1.165, 1.54) is 0 Å². The standard InChI is InChI=1S/C10H11N3O2S/c1-3-7-12-6(2)8(10(14)15)9(13-7)16-5-4-11/h3,5H2,1-2H3,(H,14,15). The van der Waals surface area contributed by atoms with Crippen molar-refractivity contribution in [2.75, 3.05) is 5.75 Å². The number of aryl methyl sites for hydroxylation is 2. The fourth-order valence-electron chi connectivity index (χ4n) is 1.21. The summed E-state index contributed by atoms with van der Waals surface area (Å²) in [5.74, 6) is -0.275. The molecule has 1 aromatic heterocycles. The lowest BCUT2D eigenvalue weighted by Crippen LogP contribution is -2.09. The second-order valence-corrected chi connectivity index (χ2v) is 3.97. The van der Waals surface area contributed by atoms with Crippen molar-refractivity contribution in [1.82, 2.24) is 9.97 Å². The van der Waals surface area contributed by atoms with Gasteiger partial charge in [0.2, 0.25) is 0 Å². The monoisotopic (exact) mass is 237 g/mol. The van der Waals surface area contributed by atoms with Crippen molar-refractivity contribution >= 4 is 17.7 Å². The number of hydrogen-bond donors (Lipinski definition) is 1. The molecule has 0 spiro atoms. The zero-order chi connectivity index (χ0) is 12.1. The van der Waals surface area contributed by atoms with E-state index in [9.17, 15) is 4.79 Å². The van der Waals surface area contributed by atoms with Gasteiger partial charge in [0.25, 0.3) is 0 Å². The summed E-state index contributed by atoms with van der Waals surface area (Å²) in [5.41, 5.74) is 0.539. The van der Waals surface area contributed by atoms with Gasteiger partial charge in [-0.2, -0.15) is 5.26 Å². The highest BCUT2D eigenvalue weighted by Crippen LogP contribution is 2.22. The summed E-state index contributed by atoms with van der Waals surface area (Å²) >= 11 is 1.13. The molecule has 0 aliphatic rings. The third-order valence-electron chi connectivity index (χ3n) is 1.91. The van der Waals surface area contributed by atoms with E-state index in [2.05, 4.69) is 9.97 Å². The first-order valence-corrected chi connectivity index (χ1v) is 5.69. The largest absolute Gasteiger partial charge is 0.478 e. The SMILES string of the molecule is CCc1nc(C)c(C(=O)O)c(SCC#N)n1. The van der Waals surface area contributed by atoms with Crippen LogP contribution in [-0.2, 0) is 6.42 Å². The molecule has 16 heavy (non-hydrogen) atoms. The van der Waals surface area contributed by atoms with Gasteiger partial charge in [0, 0.05) is 6.42 Å². The summed E-state index contributed by atoms with van der Waals surface area (Å²) in [4.78, 5) is 19.3. The Labute approximate surface area is 97.5 Å². The molecule has 5 nitrogen and oxygen atoms in total. The number of carboxylic acid groups (broad SMARTS) is 1. The average Bonchev–Trinajstić information content (AvgIpc) is 2.24. The van der Waals surface area contributed by atoms with Crippen molar-refractivity contribution in [1.29, 1.82) is 5.26 Å². The summed E-state index contributed by atoms with van der Waals surface area (Å²) < 4.78 is 0. The van der Waals surface area contributed by atoms with Crippen LogP contribution in [-0.4, -0.2) is 26.8 Å². The number of thioether (sulfide) groups is 1. The number of carbonyl (C=O) groups is 1. The summed E-state index contributed by atoms with van der Waals surface area (Å²) in [6.07, 6.45) is 0.640. The van der Waals surface area contributed by atoms with Crippen LogP contribution in [0, 0.1) is 18.3 Å². The van der Waals surface area contributed by atoms with E-state index in [1.807, 2.05) is 13.0 Å². The van der Waals surface area contributed by atoms with Crippen molar-refractivity contribution in [2.45, 2.75) is 25.3 Å². The molecule has 0 aliphatic carbocycles. The zero-order valence-electron chi connectivity index (χ0n) is 9.02. The number of nitriles is 1. The molecule has 0 fully saturated rings. The van der Waals surface area contributed by atoms with Crippen molar-refractivity contribution in [2.24, 2.45) is 0 Å². The van der Waals surface area contributed by atoms with Gasteiger partial charge in [-0.3, -0.25) is 0 Å². The van der Waals surface area contributed by atoms with Crippen LogP contribution in [0.5, 0.6) is 0 Å². The van der Waals surface area contributed by atoms with Gasteiger partial charge in [0.05, 0.1) is 17.5 Å². The third-order valence-corrected chi connectivity index (χ3v) is 2.75. The predicted molar refractivity (Wildman–Crippen MR) is 59.4 cm³/mol. The second kappa shape index (κ2) is 5.47. The van der Waals surface area contributed by atoms with Gasteiger partial charge in [-0.1, -0.05) is 18.7 Å². The number of nitrogens with zero attached hydrogens (tertiary/aromatic N) is 3. The molecular weight excluding hydrogens is 226 g/mol. The predicted octanol–water partition coefficient (Wildman–Crippen LogP) is 1.66. The van der Waals surface area contributed by atoms with Crippen molar-refractivity contribution < 1.29 is 9.90 Å². The highest BCUT2D eigenvalue weighted by atomic mass is 32.2. The molecule has 0 saturated heterocycles. The van der Waals surface area contributed by atoms with Crippen LogP contribution in [0.2, 0.25) is 0 Å². The molecule has 1 N–H and O–H groups in total. The fourth-order valence-corrected chi connectivity index (χ4v) is 1.96. The molecule has 0 bridgehead atoms. The number of hydrogen-bond acceptors (Lipinski definition) is 5. The number of rotatable bonds is 4. The third kappa shape index (κ3) is 2.70. The molecule has 0 saturated carbocycles.